The summed E-state index contributed by atoms with van der Waals surface area (Å²) in [5.74, 6) is 5.56. The van der Waals surface area contributed by atoms with E-state index in [1.165, 1.54) is 32.8 Å². The first kappa shape index (κ1) is 29.8. The first-order chi connectivity index (χ1) is 21.5. The summed E-state index contributed by atoms with van der Waals surface area (Å²) in [6.45, 7) is 6.20. The molecule has 6 rings (SSSR count). The standard InChI is InChI=1S/C20H17N3.C20H19N/c21-14-16-4-3-6-18(13-16)17-10-8-15(9-11-17)12-19-5-1-2-7-20(19)23-22;1-4-5-6-10-16-12-17-13-18-15(2)9-7-8-11-21(3)20(18)14-19(16)17/h1-11,13,23H,12,22H2;4-14H,2H2,1,3H3/b;5-4-,9-7-,10-6-,11-8-. The van der Waals surface area contributed by atoms with Crippen LogP contribution in [0.5, 0.6) is 0 Å². The summed E-state index contributed by atoms with van der Waals surface area (Å²) in [7, 11) is 2.08. The Morgan fingerprint density at radius 2 is 1.75 bits per heavy atom. The van der Waals surface area contributed by atoms with Crippen LogP contribution in [0, 0.1) is 11.3 Å². The predicted molar refractivity (Wildman–Crippen MR) is 187 cm³/mol. The fourth-order valence-electron chi connectivity index (χ4n) is 5.24. The molecule has 0 atom stereocenters. The van der Waals surface area contributed by atoms with Gasteiger partial charge in [0, 0.05) is 24.5 Å². The molecule has 0 spiro atoms. The summed E-state index contributed by atoms with van der Waals surface area (Å²) in [5, 5.41) is 11.6. The van der Waals surface area contributed by atoms with Crippen LogP contribution in [-0.4, -0.2) is 7.05 Å². The van der Waals surface area contributed by atoms with E-state index in [9.17, 15) is 0 Å². The summed E-state index contributed by atoms with van der Waals surface area (Å²) in [4.78, 5) is 2.15. The van der Waals surface area contributed by atoms with Crippen LogP contribution in [0.1, 0.15) is 29.2 Å². The smallest absolute Gasteiger partial charge is 0.0991 e. The zero-order valence-corrected chi connectivity index (χ0v) is 25.2. The van der Waals surface area contributed by atoms with Crippen molar-refractivity contribution in [2.75, 3.05) is 17.4 Å². The fraction of sp³-hybridized carbons (Fsp3) is 0.0750. The van der Waals surface area contributed by atoms with Gasteiger partial charge in [-0.15, -0.1) is 0 Å². The Morgan fingerprint density at radius 1 is 0.932 bits per heavy atom. The second kappa shape index (κ2) is 14.0. The van der Waals surface area contributed by atoms with Crippen LogP contribution in [0.15, 0.2) is 140 Å². The Balaban J connectivity index is 0.000000175. The molecule has 1 aliphatic heterocycles. The second-order valence-electron chi connectivity index (χ2n) is 10.6. The Bertz CT molecular complexity index is 1970. The normalized spacial score (nSPS) is 14.6. The molecule has 0 fully saturated rings. The molecule has 0 unspecified atom stereocenters. The van der Waals surface area contributed by atoms with Gasteiger partial charge >= 0.3 is 0 Å². The van der Waals surface area contributed by atoms with Crippen molar-refractivity contribution < 1.29 is 0 Å². The van der Waals surface area contributed by atoms with Gasteiger partial charge < -0.3 is 10.3 Å². The maximum Gasteiger partial charge on any atom is 0.0991 e. The lowest BCUT2D eigenvalue weighted by Crippen LogP contribution is -2.35. The van der Waals surface area contributed by atoms with Crippen molar-refractivity contribution in [1.82, 2.24) is 0 Å². The van der Waals surface area contributed by atoms with E-state index in [2.05, 4.69) is 103 Å². The lowest BCUT2D eigenvalue weighted by atomic mass is 9.93. The monoisotopic (exact) mass is 572 g/mol. The molecule has 0 amide bonds. The molecule has 44 heavy (non-hydrogen) atoms. The highest BCUT2D eigenvalue weighted by atomic mass is 15.2. The minimum absolute atomic E-state index is 0.675. The lowest BCUT2D eigenvalue weighted by molar-refractivity contribution is 1.17. The maximum atomic E-state index is 9.00. The Labute approximate surface area is 260 Å². The van der Waals surface area contributed by atoms with E-state index in [-0.39, 0.29) is 0 Å². The molecule has 4 aromatic carbocycles. The van der Waals surface area contributed by atoms with Crippen LogP contribution in [0.3, 0.4) is 0 Å². The number of benzene rings is 4. The predicted octanol–water partition coefficient (Wildman–Crippen LogP) is 7.40. The number of allylic oxidation sites excluding steroid dienone is 8. The van der Waals surface area contributed by atoms with Crippen molar-refractivity contribution in [2.45, 2.75) is 13.3 Å². The Hall–Kier alpha value is -5.63. The van der Waals surface area contributed by atoms with Crippen molar-refractivity contribution in [2.24, 2.45) is 5.84 Å². The molecule has 3 N–H and O–H groups in total. The number of nitrogens with zero attached hydrogens (tertiary/aromatic N) is 2. The molecule has 2 aliphatic rings. The maximum absolute atomic E-state index is 9.00. The molecule has 4 aromatic rings. The number of fused-ring (bicyclic) bond motifs is 2. The first-order valence-electron chi connectivity index (χ1n) is 14.6. The van der Waals surface area contributed by atoms with Gasteiger partial charge in [0.2, 0.25) is 0 Å². The summed E-state index contributed by atoms with van der Waals surface area (Å²) >= 11 is 0. The molecule has 0 radical (unpaired) electrons. The highest BCUT2D eigenvalue weighted by Gasteiger charge is 2.13. The first-order valence-corrected chi connectivity index (χ1v) is 14.6. The number of nitrogens with two attached hydrogens (primary N) is 1. The minimum atomic E-state index is 0.675. The highest BCUT2D eigenvalue weighted by molar-refractivity contribution is 5.92. The van der Waals surface area contributed by atoms with Crippen molar-refractivity contribution >= 4 is 28.6 Å². The van der Waals surface area contributed by atoms with Gasteiger partial charge in [-0.25, -0.2) is 0 Å². The van der Waals surface area contributed by atoms with Gasteiger partial charge in [0.05, 0.1) is 17.3 Å². The summed E-state index contributed by atoms with van der Waals surface area (Å²) < 4.78 is 0. The van der Waals surface area contributed by atoms with Crippen molar-refractivity contribution in [3.8, 4) is 17.2 Å². The molecule has 1 aliphatic carbocycles. The number of anilines is 2. The number of nitrogens with one attached hydrogen (secondary N) is 1. The largest absolute Gasteiger partial charge is 0.351 e. The van der Waals surface area contributed by atoms with Crippen molar-refractivity contribution in [1.29, 1.82) is 5.26 Å². The molecule has 0 aromatic heterocycles. The average Bonchev–Trinajstić information content (AvgIpc) is 3.05. The van der Waals surface area contributed by atoms with Crippen molar-refractivity contribution in [3.63, 3.8) is 0 Å². The van der Waals surface area contributed by atoms with Crippen LogP contribution in [0.2, 0.25) is 0 Å². The molecule has 1 heterocycles. The molecule has 4 heteroatoms. The van der Waals surface area contributed by atoms with Gasteiger partial charge in [-0.1, -0.05) is 97.6 Å². The number of hydrazine groups is 1. The third kappa shape index (κ3) is 6.87. The van der Waals surface area contributed by atoms with E-state index in [1.54, 1.807) is 0 Å². The lowest BCUT2D eigenvalue weighted by Gasteiger charge is -2.22. The fourth-order valence-corrected chi connectivity index (χ4v) is 5.24. The quantitative estimate of drug-likeness (QED) is 0.144. The molecule has 216 valence electrons. The van der Waals surface area contributed by atoms with E-state index >= 15 is 0 Å². The minimum Gasteiger partial charge on any atom is -0.351 e. The van der Waals surface area contributed by atoms with Gasteiger partial charge in [0.25, 0.3) is 0 Å². The SMILES string of the molecule is C=C1/C=C\C=C/N(C)c2cc3c(cc21)=CC=3/C=C\C=C/C.N#Cc1cccc(-c2ccc(Cc3ccccc3NN)cc2)c1. The molecule has 0 bridgehead atoms. The molecule has 0 saturated heterocycles. The van der Waals surface area contributed by atoms with Crippen LogP contribution in [0.25, 0.3) is 28.3 Å². The molecular formula is C40H36N4. The third-order valence-corrected chi connectivity index (χ3v) is 7.66. The number of rotatable bonds is 6. The summed E-state index contributed by atoms with van der Waals surface area (Å²) in [5.41, 5.74) is 13.6. The van der Waals surface area contributed by atoms with Crippen LogP contribution in [0.4, 0.5) is 11.4 Å². The molecule has 4 nitrogen and oxygen atoms in total. The highest BCUT2D eigenvalue weighted by Crippen LogP contribution is 2.27. The van der Waals surface area contributed by atoms with Crippen LogP contribution >= 0.6 is 0 Å². The topological polar surface area (TPSA) is 65.1 Å². The van der Waals surface area contributed by atoms with Gasteiger partial charge in [0.15, 0.2) is 0 Å². The Morgan fingerprint density at radius 3 is 2.52 bits per heavy atom. The van der Waals surface area contributed by atoms with Crippen LogP contribution in [-0.2, 0) is 6.42 Å². The molecule has 0 saturated carbocycles. The second-order valence-corrected chi connectivity index (χ2v) is 10.6. The number of hydrogen-bond acceptors (Lipinski definition) is 4. The van der Waals surface area contributed by atoms with Gasteiger partial charge in [-0.05, 0) is 99.7 Å². The molecular weight excluding hydrogens is 536 g/mol. The van der Waals surface area contributed by atoms with E-state index < -0.39 is 0 Å². The van der Waals surface area contributed by atoms with E-state index in [0.717, 1.165) is 34.4 Å². The Kier molecular flexibility index (Phi) is 9.51. The number of hydrogen-bond donors (Lipinski definition) is 2. The number of nitrogen functional groups attached to an aromatic ring is 1. The van der Waals surface area contributed by atoms with Crippen molar-refractivity contribution in [3.05, 3.63) is 173 Å². The zero-order chi connectivity index (χ0) is 30.9. The average molecular weight is 573 g/mol. The third-order valence-electron chi connectivity index (χ3n) is 7.66. The van der Waals surface area contributed by atoms with Gasteiger partial charge in [-0.2, -0.15) is 5.26 Å². The van der Waals surface area contributed by atoms with E-state index in [1.807, 2.05) is 73.7 Å². The van der Waals surface area contributed by atoms with Gasteiger partial charge in [0.1, 0.15) is 0 Å². The zero-order valence-electron chi connectivity index (χ0n) is 25.2. The van der Waals surface area contributed by atoms with Crippen LogP contribution < -0.4 is 26.6 Å². The van der Waals surface area contributed by atoms with E-state index in [4.69, 9.17) is 11.1 Å². The van der Waals surface area contributed by atoms with Gasteiger partial charge in [-0.3, -0.25) is 5.84 Å². The number of para-hydroxylation sites is 1. The number of nitriles is 1. The summed E-state index contributed by atoms with van der Waals surface area (Å²) in [6.07, 6.45) is 19.6. The van der Waals surface area contributed by atoms with E-state index in [0.29, 0.717) is 5.56 Å². The summed E-state index contributed by atoms with van der Waals surface area (Å²) in [6, 6.07) is 30.7.